The zero-order chi connectivity index (χ0) is 12.7. The molecule has 3 N–H and O–H groups in total. The number of primary amides is 1. The molecule has 96 valence electrons. The zero-order valence-electron chi connectivity index (χ0n) is 10.4. The Morgan fingerprint density at radius 3 is 2.89 bits per heavy atom. The lowest BCUT2D eigenvalue weighted by Gasteiger charge is -2.39. The Morgan fingerprint density at radius 1 is 1.28 bits per heavy atom. The molecule has 1 fully saturated rings. The van der Waals surface area contributed by atoms with Crippen molar-refractivity contribution in [2.24, 2.45) is 11.7 Å². The van der Waals surface area contributed by atoms with Crippen molar-refractivity contribution in [1.82, 2.24) is 0 Å². The van der Waals surface area contributed by atoms with Crippen molar-refractivity contribution < 1.29 is 9.90 Å². The molecule has 3 atom stereocenters. The van der Waals surface area contributed by atoms with Crippen molar-refractivity contribution in [2.45, 2.75) is 44.1 Å². The molecule has 0 spiro atoms. The minimum Gasteiger partial charge on any atom is -0.393 e. The number of aryl methyl sites for hydroxylation is 1. The lowest BCUT2D eigenvalue weighted by Crippen LogP contribution is -2.30. The molecule has 2 aliphatic rings. The van der Waals surface area contributed by atoms with Gasteiger partial charge in [-0.1, -0.05) is 6.07 Å². The van der Waals surface area contributed by atoms with Gasteiger partial charge in [-0.15, -0.1) is 0 Å². The lowest BCUT2D eigenvalue weighted by atomic mass is 9.67. The monoisotopic (exact) mass is 245 g/mol. The number of benzene rings is 1. The summed E-state index contributed by atoms with van der Waals surface area (Å²) in [5, 5.41) is 9.75. The SMILES string of the molecule is NC(=O)c1ccc2c(c1)CCC1CC(O)CCC21. The fraction of sp³-hybridized carbons (Fsp3) is 0.533. The van der Waals surface area contributed by atoms with Crippen molar-refractivity contribution in [2.75, 3.05) is 0 Å². The van der Waals surface area contributed by atoms with Crippen LogP contribution in [0.15, 0.2) is 18.2 Å². The van der Waals surface area contributed by atoms with E-state index in [0.717, 1.165) is 32.1 Å². The molecule has 18 heavy (non-hydrogen) atoms. The van der Waals surface area contributed by atoms with Gasteiger partial charge in [0.1, 0.15) is 0 Å². The van der Waals surface area contributed by atoms with Crippen LogP contribution in [0.5, 0.6) is 0 Å². The maximum absolute atomic E-state index is 11.2. The highest BCUT2D eigenvalue weighted by atomic mass is 16.3. The van der Waals surface area contributed by atoms with Gasteiger partial charge in [0.05, 0.1) is 6.10 Å². The van der Waals surface area contributed by atoms with Gasteiger partial charge in [-0.25, -0.2) is 0 Å². The molecule has 1 amide bonds. The molecular weight excluding hydrogens is 226 g/mol. The minimum atomic E-state index is -0.348. The summed E-state index contributed by atoms with van der Waals surface area (Å²) in [5.74, 6) is 0.832. The number of hydrogen-bond donors (Lipinski definition) is 2. The topological polar surface area (TPSA) is 63.3 Å². The molecule has 0 aromatic heterocycles. The Hall–Kier alpha value is -1.35. The third-order valence-corrected chi connectivity index (χ3v) is 4.57. The largest absolute Gasteiger partial charge is 0.393 e. The summed E-state index contributed by atoms with van der Waals surface area (Å²) in [4.78, 5) is 11.2. The van der Waals surface area contributed by atoms with E-state index in [0.29, 0.717) is 17.4 Å². The Balaban J connectivity index is 1.93. The second-order valence-corrected chi connectivity index (χ2v) is 5.65. The van der Waals surface area contributed by atoms with Crippen LogP contribution in [0.25, 0.3) is 0 Å². The smallest absolute Gasteiger partial charge is 0.248 e. The van der Waals surface area contributed by atoms with Crippen molar-refractivity contribution >= 4 is 5.91 Å². The Morgan fingerprint density at radius 2 is 2.11 bits per heavy atom. The number of nitrogens with two attached hydrogens (primary N) is 1. The van der Waals surface area contributed by atoms with E-state index in [1.807, 2.05) is 12.1 Å². The van der Waals surface area contributed by atoms with Gasteiger partial charge >= 0.3 is 0 Å². The highest BCUT2D eigenvalue weighted by Crippen LogP contribution is 2.45. The molecule has 0 aliphatic heterocycles. The number of carbonyl (C=O) groups is 1. The Kier molecular flexibility index (Phi) is 2.86. The van der Waals surface area contributed by atoms with E-state index in [2.05, 4.69) is 6.07 Å². The number of hydrogen-bond acceptors (Lipinski definition) is 2. The van der Waals surface area contributed by atoms with Crippen LogP contribution in [0.4, 0.5) is 0 Å². The van der Waals surface area contributed by atoms with Gasteiger partial charge in [-0.2, -0.15) is 0 Å². The first kappa shape index (κ1) is 11.7. The second-order valence-electron chi connectivity index (χ2n) is 5.65. The van der Waals surface area contributed by atoms with Crippen molar-refractivity contribution in [3.63, 3.8) is 0 Å². The second kappa shape index (κ2) is 4.39. The number of carbonyl (C=O) groups excluding carboxylic acids is 1. The summed E-state index contributed by atoms with van der Waals surface area (Å²) in [6.07, 6.45) is 4.91. The molecule has 0 bridgehead atoms. The van der Waals surface area contributed by atoms with E-state index in [1.165, 1.54) is 11.1 Å². The van der Waals surface area contributed by atoms with E-state index >= 15 is 0 Å². The summed E-state index contributed by atoms with van der Waals surface area (Å²) in [5.41, 5.74) is 8.60. The molecule has 1 saturated carbocycles. The average Bonchev–Trinajstić information content (AvgIpc) is 2.37. The van der Waals surface area contributed by atoms with Crippen LogP contribution in [0.2, 0.25) is 0 Å². The molecule has 0 heterocycles. The lowest BCUT2D eigenvalue weighted by molar-refractivity contribution is 0.0829. The van der Waals surface area contributed by atoms with Crippen LogP contribution < -0.4 is 5.73 Å². The Labute approximate surface area is 107 Å². The highest BCUT2D eigenvalue weighted by molar-refractivity contribution is 5.93. The molecule has 3 unspecified atom stereocenters. The third kappa shape index (κ3) is 1.93. The molecule has 0 radical (unpaired) electrons. The van der Waals surface area contributed by atoms with Gasteiger partial charge in [-0.05, 0) is 67.2 Å². The van der Waals surface area contributed by atoms with Crippen LogP contribution in [0.1, 0.15) is 53.1 Å². The summed E-state index contributed by atoms with van der Waals surface area (Å²) in [7, 11) is 0. The normalized spacial score (nSPS) is 30.4. The summed E-state index contributed by atoms with van der Waals surface area (Å²) >= 11 is 0. The third-order valence-electron chi connectivity index (χ3n) is 4.57. The first-order valence-electron chi connectivity index (χ1n) is 6.76. The molecule has 3 rings (SSSR count). The van der Waals surface area contributed by atoms with Gasteiger partial charge < -0.3 is 10.8 Å². The van der Waals surface area contributed by atoms with Crippen LogP contribution >= 0.6 is 0 Å². The standard InChI is InChI=1S/C15H19NO2/c16-15(18)11-3-5-13-9(7-11)1-2-10-8-12(17)4-6-14(10)13/h3,5,7,10,12,14,17H,1-2,4,6,8H2,(H2,16,18). The summed E-state index contributed by atoms with van der Waals surface area (Å²) in [6, 6.07) is 5.87. The fourth-order valence-electron chi connectivity index (χ4n) is 3.65. The van der Waals surface area contributed by atoms with Crippen LogP contribution in [-0.2, 0) is 6.42 Å². The molecule has 1 aromatic carbocycles. The maximum atomic E-state index is 11.2. The van der Waals surface area contributed by atoms with Gasteiger partial charge in [-0.3, -0.25) is 4.79 Å². The molecule has 2 aliphatic carbocycles. The molecular formula is C15H19NO2. The first-order valence-corrected chi connectivity index (χ1v) is 6.76. The number of rotatable bonds is 1. The van der Waals surface area contributed by atoms with E-state index in [9.17, 15) is 9.90 Å². The number of aliphatic hydroxyl groups excluding tert-OH is 1. The van der Waals surface area contributed by atoms with Crippen LogP contribution in [-0.4, -0.2) is 17.1 Å². The number of aliphatic hydroxyl groups is 1. The summed E-state index contributed by atoms with van der Waals surface area (Å²) < 4.78 is 0. The number of fused-ring (bicyclic) bond motifs is 3. The predicted molar refractivity (Wildman–Crippen MR) is 69.4 cm³/mol. The number of amides is 1. The first-order chi connectivity index (χ1) is 8.65. The average molecular weight is 245 g/mol. The van der Waals surface area contributed by atoms with Crippen molar-refractivity contribution in [3.8, 4) is 0 Å². The molecule has 3 heteroatoms. The van der Waals surface area contributed by atoms with E-state index in [4.69, 9.17) is 5.73 Å². The minimum absolute atomic E-state index is 0.113. The van der Waals surface area contributed by atoms with Crippen molar-refractivity contribution in [3.05, 3.63) is 34.9 Å². The van der Waals surface area contributed by atoms with E-state index < -0.39 is 0 Å². The molecule has 1 aromatic rings. The maximum Gasteiger partial charge on any atom is 0.248 e. The molecule has 0 saturated heterocycles. The van der Waals surface area contributed by atoms with Crippen LogP contribution in [0.3, 0.4) is 0 Å². The van der Waals surface area contributed by atoms with Gasteiger partial charge in [0.25, 0.3) is 0 Å². The van der Waals surface area contributed by atoms with Gasteiger partial charge in [0.15, 0.2) is 0 Å². The summed E-state index contributed by atoms with van der Waals surface area (Å²) in [6.45, 7) is 0. The zero-order valence-corrected chi connectivity index (χ0v) is 10.4. The van der Waals surface area contributed by atoms with Gasteiger partial charge in [0.2, 0.25) is 5.91 Å². The Bertz CT molecular complexity index is 483. The van der Waals surface area contributed by atoms with Gasteiger partial charge in [0, 0.05) is 5.56 Å². The van der Waals surface area contributed by atoms with Crippen molar-refractivity contribution in [1.29, 1.82) is 0 Å². The highest BCUT2D eigenvalue weighted by Gasteiger charge is 2.34. The van der Waals surface area contributed by atoms with E-state index in [-0.39, 0.29) is 12.0 Å². The van der Waals surface area contributed by atoms with Crippen LogP contribution in [0, 0.1) is 5.92 Å². The quantitative estimate of drug-likeness (QED) is 0.794. The van der Waals surface area contributed by atoms with E-state index in [1.54, 1.807) is 0 Å². The fourth-order valence-corrected chi connectivity index (χ4v) is 3.65. The molecule has 3 nitrogen and oxygen atoms in total. The predicted octanol–water partition coefficient (Wildman–Crippen LogP) is 1.98.